The van der Waals surface area contributed by atoms with E-state index in [2.05, 4.69) is 4.99 Å². The molecule has 10 heteroatoms. The smallest absolute Gasteiger partial charge is 0.272 e. The molecule has 0 aliphatic heterocycles. The van der Waals surface area contributed by atoms with Gasteiger partial charge in [-0.1, -0.05) is 17.4 Å². The summed E-state index contributed by atoms with van der Waals surface area (Å²) in [5.41, 5.74) is 1.49. The van der Waals surface area contributed by atoms with Crippen LogP contribution in [0, 0.1) is 10.1 Å². The molecule has 2 aromatic carbocycles. The minimum absolute atomic E-state index is 0.0149. The van der Waals surface area contributed by atoms with Gasteiger partial charge in [-0.2, -0.15) is 4.99 Å². The number of thiazole rings is 1. The molecule has 0 radical (unpaired) electrons. The summed E-state index contributed by atoms with van der Waals surface area (Å²) in [4.78, 5) is 27.7. The fourth-order valence-corrected chi connectivity index (χ4v) is 4.01. The standard InChI is InChI=1S/C21H21N3O6S/c1-28-11-10-23-16-7-6-15(24(26)27)13-19(16)31-21(23)22-20(25)9-5-14-4-8-17(29-2)18(12-14)30-3/h4-9,12-13H,10-11H2,1-3H3/b9-5-,22-21?. The van der Waals surface area contributed by atoms with E-state index in [1.165, 1.54) is 36.7 Å². The van der Waals surface area contributed by atoms with Crippen molar-refractivity contribution < 1.29 is 23.9 Å². The molecule has 0 bridgehead atoms. The van der Waals surface area contributed by atoms with Gasteiger partial charge in [0.15, 0.2) is 16.3 Å². The summed E-state index contributed by atoms with van der Waals surface area (Å²) in [6.45, 7) is 0.867. The number of nitro groups is 1. The highest BCUT2D eigenvalue weighted by atomic mass is 32.1. The molecule has 0 atom stereocenters. The van der Waals surface area contributed by atoms with Crippen LogP contribution in [0.2, 0.25) is 0 Å². The molecule has 162 valence electrons. The Morgan fingerprint density at radius 3 is 2.61 bits per heavy atom. The number of methoxy groups -OCH3 is 3. The molecule has 3 aromatic rings. The zero-order chi connectivity index (χ0) is 22.4. The summed E-state index contributed by atoms with van der Waals surface area (Å²) in [5.74, 6) is 0.689. The molecule has 31 heavy (non-hydrogen) atoms. The van der Waals surface area contributed by atoms with Crippen molar-refractivity contribution in [1.82, 2.24) is 4.57 Å². The van der Waals surface area contributed by atoms with Gasteiger partial charge in [-0.05, 0) is 29.8 Å². The number of ether oxygens (including phenoxy) is 3. The molecule has 1 heterocycles. The lowest BCUT2D eigenvalue weighted by atomic mass is 10.2. The average Bonchev–Trinajstić information content (AvgIpc) is 3.11. The van der Waals surface area contributed by atoms with Crippen LogP contribution < -0.4 is 14.3 Å². The zero-order valence-corrected chi connectivity index (χ0v) is 18.0. The Morgan fingerprint density at radius 2 is 1.94 bits per heavy atom. The maximum Gasteiger partial charge on any atom is 0.272 e. The minimum Gasteiger partial charge on any atom is -0.493 e. The number of nitrogens with zero attached hydrogens (tertiary/aromatic N) is 3. The van der Waals surface area contributed by atoms with Crippen LogP contribution in [0.1, 0.15) is 5.56 Å². The first-order valence-corrected chi connectivity index (χ1v) is 10.0. The number of carbonyl (C=O) groups is 1. The Morgan fingerprint density at radius 1 is 1.16 bits per heavy atom. The van der Waals surface area contributed by atoms with E-state index < -0.39 is 10.8 Å². The van der Waals surface area contributed by atoms with Gasteiger partial charge in [-0.25, -0.2) is 0 Å². The number of fused-ring (bicyclic) bond motifs is 1. The molecule has 0 aliphatic rings. The van der Waals surface area contributed by atoms with Crippen LogP contribution in [0.25, 0.3) is 16.3 Å². The van der Waals surface area contributed by atoms with Crippen molar-refractivity contribution in [1.29, 1.82) is 0 Å². The van der Waals surface area contributed by atoms with Gasteiger partial charge in [0.2, 0.25) is 0 Å². The lowest BCUT2D eigenvalue weighted by molar-refractivity contribution is -0.384. The Bertz CT molecular complexity index is 1210. The molecule has 1 aromatic heterocycles. The first-order chi connectivity index (χ1) is 15.0. The maximum absolute atomic E-state index is 12.5. The molecule has 0 aliphatic carbocycles. The first kappa shape index (κ1) is 22.2. The van der Waals surface area contributed by atoms with Gasteiger partial charge in [0.25, 0.3) is 11.6 Å². The summed E-state index contributed by atoms with van der Waals surface area (Å²) < 4.78 is 18.1. The number of hydrogen-bond acceptors (Lipinski definition) is 7. The van der Waals surface area contributed by atoms with E-state index in [9.17, 15) is 14.9 Å². The third-order valence-electron chi connectivity index (χ3n) is 4.43. The molecule has 3 rings (SSSR count). The number of amides is 1. The van der Waals surface area contributed by atoms with Crippen molar-refractivity contribution in [3.05, 3.63) is 63.0 Å². The number of hydrogen-bond donors (Lipinski definition) is 0. The highest BCUT2D eigenvalue weighted by molar-refractivity contribution is 7.16. The average molecular weight is 443 g/mol. The second kappa shape index (κ2) is 10.0. The van der Waals surface area contributed by atoms with E-state index in [4.69, 9.17) is 14.2 Å². The first-order valence-electron chi connectivity index (χ1n) is 9.22. The van der Waals surface area contributed by atoms with Crippen LogP contribution in [0.15, 0.2) is 47.5 Å². The van der Waals surface area contributed by atoms with E-state index >= 15 is 0 Å². The van der Waals surface area contributed by atoms with Crippen molar-refractivity contribution in [3.8, 4) is 11.5 Å². The van der Waals surface area contributed by atoms with Crippen LogP contribution in [0.5, 0.6) is 11.5 Å². The normalized spacial score (nSPS) is 11.9. The summed E-state index contributed by atoms with van der Waals surface area (Å²) in [6, 6.07) is 9.86. The monoisotopic (exact) mass is 443 g/mol. The van der Waals surface area contributed by atoms with Crippen LogP contribution >= 0.6 is 11.3 Å². The third kappa shape index (κ3) is 5.16. The highest BCUT2D eigenvalue weighted by Gasteiger charge is 2.12. The van der Waals surface area contributed by atoms with E-state index in [0.717, 1.165) is 11.1 Å². The molecule has 0 N–H and O–H groups in total. The third-order valence-corrected chi connectivity index (χ3v) is 5.47. The number of rotatable bonds is 8. The van der Waals surface area contributed by atoms with Gasteiger partial charge in [0, 0.05) is 31.9 Å². The Labute approximate surface area is 182 Å². The van der Waals surface area contributed by atoms with E-state index in [1.54, 1.807) is 44.6 Å². The van der Waals surface area contributed by atoms with Crippen molar-refractivity contribution in [3.63, 3.8) is 0 Å². The molecule has 0 saturated carbocycles. The molecule has 0 spiro atoms. The van der Waals surface area contributed by atoms with Gasteiger partial charge in [0.1, 0.15) is 0 Å². The lowest BCUT2D eigenvalue weighted by Gasteiger charge is -2.07. The fraction of sp³-hybridized carbons (Fsp3) is 0.238. The van der Waals surface area contributed by atoms with Crippen LogP contribution in [-0.2, 0) is 16.1 Å². The number of aromatic nitrogens is 1. The van der Waals surface area contributed by atoms with Gasteiger partial charge in [-0.15, -0.1) is 0 Å². The Hall–Kier alpha value is -3.50. The van der Waals surface area contributed by atoms with E-state index in [-0.39, 0.29) is 5.69 Å². The lowest BCUT2D eigenvalue weighted by Crippen LogP contribution is -2.18. The minimum atomic E-state index is -0.456. The Kier molecular flexibility index (Phi) is 7.16. The zero-order valence-electron chi connectivity index (χ0n) is 17.2. The summed E-state index contributed by atoms with van der Waals surface area (Å²) >= 11 is 1.21. The second-order valence-corrected chi connectivity index (χ2v) is 7.35. The second-order valence-electron chi connectivity index (χ2n) is 6.34. The molecule has 0 fully saturated rings. The van der Waals surface area contributed by atoms with Gasteiger partial charge in [0.05, 0.1) is 36.0 Å². The van der Waals surface area contributed by atoms with Crippen molar-refractivity contribution in [2.75, 3.05) is 27.9 Å². The number of non-ortho nitro benzene ring substituents is 1. The van der Waals surface area contributed by atoms with Crippen molar-refractivity contribution in [2.24, 2.45) is 4.99 Å². The largest absolute Gasteiger partial charge is 0.493 e. The van der Waals surface area contributed by atoms with Crippen molar-refractivity contribution >= 4 is 39.2 Å². The molecule has 0 unspecified atom stereocenters. The molecule has 9 nitrogen and oxygen atoms in total. The van der Waals surface area contributed by atoms with Crippen LogP contribution in [0.4, 0.5) is 5.69 Å². The van der Waals surface area contributed by atoms with Crippen molar-refractivity contribution in [2.45, 2.75) is 6.54 Å². The predicted octanol–water partition coefficient (Wildman–Crippen LogP) is 3.42. The van der Waals surface area contributed by atoms with Crippen LogP contribution in [-0.4, -0.2) is 43.3 Å². The highest BCUT2D eigenvalue weighted by Crippen LogP contribution is 2.28. The van der Waals surface area contributed by atoms with Gasteiger partial charge >= 0.3 is 0 Å². The Balaban J connectivity index is 1.95. The van der Waals surface area contributed by atoms with Gasteiger partial charge in [-0.3, -0.25) is 14.9 Å². The summed E-state index contributed by atoms with van der Waals surface area (Å²) in [5, 5.41) is 11.1. The number of carbonyl (C=O) groups excluding carboxylic acids is 1. The van der Waals surface area contributed by atoms with E-state index in [0.29, 0.717) is 34.2 Å². The summed E-state index contributed by atoms with van der Waals surface area (Å²) in [7, 11) is 4.67. The van der Waals surface area contributed by atoms with Gasteiger partial charge < -0.3 is 18.8 Å². The molecule has 0 saturated heterocycles. The SMILES string of the molecule is COCCn1c(=NC(=O)/C=C\c2ccc(OC)c(OC)c2)sc2cc([N+](=O)[O-])ccc21. The maximum atomic E-state index is 12.5. The topological polar surface area (TPSA) is 105 Å². The quantitative estimate of drug-likeness (QED) is 0.300. The molecular formula is C21H21N3O6S. The summed E-state index contributed by atoms with van der Waals surface area (Å²) in [6.07, 6.45) is 2.99. The van der Waals surface area contributed by atoms with E-state index in [1.807, 2.05) is 4.57 Å². The number of nitro benzene ring substituents is 1. The van der Waals surface area contributed by atoms with Crippen LogP contribution in [0.3, 0.4) is 0 Å². The fourth-order valence-electron chi connectivity index (χ4n) is 2.91. The molecule has 1 amide bonds. The molecular weight excluding hydrogens is 422 g/mol. The predicted molar refractivity (Wildman–Crippen MR) is 117 cm³/mol. The number of benzene rings is 2.